The van der Waals surface area contributed by atoms with Crippen LogP contribution >= 0.6 is 0 Å². The zero-order valence-electron chi connectivity index (χ0n) is 13.0. The molecule has 1 aromatic rings. The maximum atomic E-state index is 11.3. The van der Waals surface area contributed by atoms with Gasteiger partial charge in [0.05, 0.1) is 13.7 Å². The van der Waals surface area contributed by atoms with E-state index in [0.29, 0.717) is 11.7 Å². The van der Waals surface area contributed by atoms with E-state index in [1.54, 1.807) is 12.1 Å². The van der Waals surface area contributed by atoms with E-state index in [4.69, 9.17) is 9.15 Å². The Kier molecular flexibility index (Phi) is 7.37. The Morgan fingerprint density at radius 2 is 2.10 bits per heavy atom. The number of carbonyl (C=O) groups is 1. The molecule has 114 valence electrons. The molecule has 0 saturated carbocycles. The molecule has 0 aromatic carbocycles. The van der Waals surface area contributed by atoms with Crippen LogP contribution < -0.4 is 0 Å². The van der Waals surface area contributed by atoms with Crippen LogP contribution in [0.1, 0.15) is 68.9 Å². The number of rotatable bonds is 9. The first-order valence-corrected chi connectivity index (χ1v) is 7.41. The maximum absolute atomic E-state index is 11.3. The van der Waals surface area contributed by atoms with Gasteiger partial charge in [-0.05, 0) is 31.4 Å². The minimum atomic E-state index is -0.460. The monoisotopic (exact) mass is 282 g/mol. The average molecular weight is 282 g/mol. The van der Waals surface area contributed by atoms with E-state index in [1.807, 2.05) is 6.92 Å². The number of ether oxygens (including phenoxy) is 2. The number of unbranched alkanes of at least 4 members (excludes halogenated alkanes) is 1. The number of furan rings is 1. The van der Waals surface area contributed by atoms with Crippen LogP contribution in [0.3, 0.4) is 0 Å². The van der Waals surface area contributed by atoms with Crippen LogP contribution in [0.2, 0.25) is 0 Å². The molecule has 0 fully saturated rings. The van der Waals surface area contributed by atoms with Crippen molar-refractivity contribution in [2.24, 2.45) is 5.92 Å². The zero-order valence-corrected chi connectivity index (χ0v) is 13.0. The Morgan fingerprint density at radius 1 is 1.35 bits per heavy atom. The van der Waals surface area contributed by atoms with Gasteiger partial charge in [-0.2, -0.15) is 0 Å². The molecule has 0 aliphatic carbocycles. The van der Waals surface area contributed by atoms with Gasteiger partial charge in [0, 0.05) is 0 Å². The molecule has 0 radical (unpaired) electrons. The molecular formula is C16H26O4. The summed E-state index contributed by atoms with van der Waals surface area (Å²) >= 11 is 0. The Morgan fingerprint density at radius 3 is 2.70 bits per heavy atom. The first kappa shape index (κ1) is 16.8. The summed E-state index contributed by atoms with van der Waals surface area (Å²) in [6.45, 7) is 7.06. The molecule has 0 amide bonds. The summed E-state index contributed by atoms with van der Waals surface area (Å²) in [5.74, 6) is 1.01. The third kappa shape index (κ3) is 5.00. The van der Waals surface area contributed by atoms with Crippen molar-refractivity contribution in [2.75, 3.05) is 13.7 Å². The highest BCUT2D eigenvalue weighted by molar-refractivity contribution is 5.86. The number of methoxy groups -OCH3 is 1. The van der Waals surface area contributed by atoms with Crippen molar-refractivity contribution in [3.05, 3.63) is 23.7 Å². The van der Waals surface area contributed by atoms with Crippen molar-refractivity contribution in [1.29, 1.82) is 0 Å². The van der Waals surface area contributed by atoms with Gasteiger partial charge in [0.1, 0.15) is 11.9 Å². The quantitative estimate of drug-likeness (QED) is 0.631. The van der Waals surface area contributed by atoms with Gasteiger partial charge in [0.25, 0.3) is 0 Å². The summed E-state index contributed by atoms with van der Waals surface area (Å²) in [7, 11) is 1.34. The predicted octanol–water partition coefficient (Wildman–Crippen LogP) is 4.36. The molecule has 0 spiro atoms. The highest BCUT2D eigenvalue weighted by atomic mass is 16.5. The first-order chi connectivity index (χ1) is 9.62. The standard InChI is InChI=1S/C16H26O4/c1-5-7-8-13(6-2)11-19-12(3)14-9-10-15(20-14)16(17)18-4/h9-10,12-13H,5-8,11H2,1-4H3. The lowest BCUT2D eigenvalue weighted by Gasteiger charge is -2.17. The van der Waals surface area contributed by atoms with Gasteiger partial charge in [-0.15, -0.1) is 0 Å². The van der Waals surface area contributed by atoms with Crippen molar-refractivity contribution in [3.8, 4) is 0 Å². The van der Waals surface area contributed by atoms with Crippen LogP contribution in [0.4, 0.5) is 0 Å². The van der Waals surface area contributed by atoms with Crippen molar-refractivity contribution in [3.63, 3.8) is 0 Å². The van der Waals surface area contributed by atoms with Crippen LogP contribution in [0, 0.1) is 5.92 Å². The second kappa shape index (κ2) is 8.80. The summed E-state index contributed by atoms with van der Waals surface area (Å²) in [5, 5.41) is 0. The van der Waals surface area contributed by atoms with Gasteiger partial charge in [0.15, 0.2) is 0 Å². The molecule has 1 rings (SSSR count). The van der Waals surface area contributed by atoms with Gasteiger partial charge in [-0.25, -0.2) is 4.79 Å². The van der Waals surface area contributed by atoms with Crippen LogP contribution in [0.15, 0.2) is 16.5 Å². The summed E-state index contributed by atoms with van der Waals surface area (Å²) in [4.78, 5) is 11.3. The lowest BCUT2D eigenvalue weighted by molar-refractivity contribution is 0.0220. The lowest BCUT2D eigenvalue weighted by Crippen LogP contribution is -2.11. The van der Waals surface area contributed by atoms with Gasteiger partial charge in [-0.1, -0.05) is 33.1 Å². The molecule has 0 aliphatic rings. The molecule has 0 N–H and O–H groups in total. The molecule has 2 unspecified atom stereocenters. The highest BCUT2D eigenvalue weighted by Gasteiger charge is 2.17. The molecule has 4 heteroatoms. The Balaban J connectivity index is 2.47. The van der Waals surface area contributed by atoms with Crippen LogP contribution in [-0.4, -0.2) is 19.7 Å². The van der Waals surface area contributed by atoms with Crippen LogP contribution in [-0.2, 0) is 9.47 Å². The van der Waals surface area contributed by atoms with E-state index in [0.717, 1.165) is 13.0 Å². The highest BCUT2D eigenvalue weighted by Crippen LogP contribution is 2.22. The minimum Gasteiger partial charge on any atom is -0.463 e. The second-order valence-electron chi connectivity index (χ2n) is 5.09. The average Bonchev–Trinajstić information content (AvgIpc) is 2.96. The predicted molar refractivity (Wildman–Crippen MR) is 77.7 cm³/mol. The second-order valence-corrected chi connectivity index (χ2v) is 5.09. The van der Waals surface area contributed by atoms with Crippen molar-refractivity contribution in [2.45, 2.75) is 52.6 Å². The Labute approximate surface area is 121 Å². The van der Waals surface area contributed by atoms with E-state index >= 15 is 0 Å². The van der Waals surface area contributed by atoms with Gasteiger partial charge >= 0.3 is 5.97 Å². The summed E-state index contributed by atoms with van der Waals surface area (Å²) in [5.41, 5.74) is 0. The molecule has 4 nitrogen and oxygen atoms in total. The van der Waals surface area contributed by atoms with E-state index in [9.17, 15) is 4.79 Å². The van der Waals surface area contributed by atoms with Gasteiger partial charge in [-0.3, -0.25) is 0 Å². The fraction of sp³-hybridized carbons (Fsp3) is 0.688. The molecule has 0 bridgehead atoms. The van der Waals surface area contributed by atoms with E-state index in [-0.39, 0.29) is 11.9 Å². The van der Waals surface area contributed by atoms with Gasteiger partial charge in [0.2, 0.25) is 5.76 Å². The van der Waals surface area contributed by atoms with E-state index in [1.165, 1.54) is 26.4 Å². The molecular weight excluding hydrogens is 256 g/mol. The third-order valence-electron chi connectivity index (χ3n) is 3.54. The minimum absolute atomic E-state index is 0.149. The topological polar surface area (TPSA) is 48.7 Å². The molecule has 1 aromatic heterocycles. The fourth-order valence-corrected chi connectivity index (χ4v) is 2.04. The summed E-state index contributed by atoms with van der Waals surface area (Å²) in [6.07, 6.45) is 4.63. The van der Waals surface area contributed by atoms with E-state index < -0.39 is 5.97 Å². The van der Waals surface area contributed by atoms with Crippen LogP contribution in [0.25, 0.3) is 0 Å². The SMILES string of the molecule is CCCCC(CC)COC(C)c1ccc(C(=O)OC)o1. The summed E-state index contributed by atoms with van der Waals surface area (Å²) in [6, 6.07) is 3.39. The van der Waals surface area contributed by atoms with Crippen LogP contribution in [0.5, 0.6) is 0 Å². The van der Waals surface area contributed by atoms with E-state index in [2.05, 4.69) is 18.6 Å². The van der Waals surface area contributed by atoms with Crippen molar-refractivity contribution >= 4 is 5.97 Å². The molecule has 1 heterocycles. The lowest BCUT2D eigenvalue weighted by atomic mass is 10.0. The largest absolute Gasteiger partial charge is 0.463 e. The fourth-order valence-electron chi connectivity index (χ4n) is 2.04. The first-order valence-electron chi connectivity index (χ1n) is 7.41. The molecule has 0 saturated heterocycles. The molecule has 20 heavy (non-hydrogen) atoms. The number of carbonyl (C=O) groups excluding carboxylic acids is 1. The van der Waals surface area contributed by atoms with Gasteiger partial charge < -0.3 is 13.9 Å². The Hall–Kier alpha value is -1.29. The number of hydrogen-bond acceptors (Lipinski definition) is 4. The Bertz CT molecular complexity index is 397. The number of esters is 1. The molecule has 2 atom stereocenters. The van der Waals surface area contributed by atoms with Crippen molar-refractivity contribution in [1.82, 2.24) is 0 Å². The maximum Gasteiger partial charge on any atom is 0.373 e. The third-order valence-corrected chi connectivity index (χ3v) is 3.54. The van der Waals surface area contributed by atoms with Crippen molar-refractivity contribution < 1.29 is 18.7 Å². The molecule has 0 aliphatic heterocycles. The normalized spacial score (nSPS) is 14.0. The summed E-state index contributed by atoms with van der Waals surface area (Å²) < 4.78 is 15.9. The number of hydrogen-bond donors (Lipinski definition) is 0. The zero-order chi connectivity index (χ0) is 15.0. The smallest absolute Gasteiger partial charge is 0.373 e.